The lowest BCUT2D eigenvalue weighted by Crippen LogP contribution is -2.25. The number of halogens is 1. The minimum atomic E-state index is -0.518. The summed E-state index contributed by atoms with van der Waals surface area (Å²) in [4.78, 5) is 3.46. The van der Waals surface area contributed by atoms with Crippen molar-refractivity contribution in [1.82, 2.24) is 4.98 Å². The van der Waals surface area contributed by atoms with Crippen molar-refractivity contribution in [3.05, 3.63) is 24.3 Å². The number of nitrogens with one attached hydrogen (secondary N) is 1. The van der Waals surface area contributed by atoms with Crippen LogP contribution in [-0.2, 0) is 0 Å². The Labute approximate surface area is 95.7 Å². The summed E-state index contributed by atoms with van der Waals surface area (Å²) in [6.45, 7) is 6.63. The topological polar surface area (TPSA) is 45.1 Å². The smallest absolute Gasteiger partial charge is 0.214 e. The lowest BCUT2D eigenvalue weighted by molar-refractivity contribution is 0.132. The summed E-state index contributed by atoms with van der Waals surface area (Å²) in [6, 6.07) is 2.98. The first-order valence-electron chi connectivity index (χ1n) is 5.40. The molecule has 0 aliphatic carbocycles. The maximum atomic E-state index is 12.7. The number of hydrogen-bond donors (Lipinski definition) is 2. The number of pyridine rings is 1. The van der Waals surface area contributed by atoms with Crippen molar-refractivity contribution in [3.8, 4) is 0 Å². The van der Waals surface area contributed by atoms with Crippen molar-refractivity contribution in [2.45, 2.75) is 33.3 Å². The molecule has 0 aliphatic rings. The molecular formula is C12H19FN2O. The molecule has 4 heteroatoms. The van der Waals surface area contributed by atoms with Crippen molar-refractivity contribution < 1.29 is 9.50 Å². The van der Waals surface area contributed by atoms with Gasteiger partial charge in [0.15, 0.2) is 0 Å². The van der Waals surface area contributed by atoms with Gasteiger partial charge in [-0.15, -0.1) is 0 Å². The van der Waals surface area contributed by atoms with Gasteiger partial charge < -0.3 is 10.4 Å². The van der Waals surface area contributed by atoms with Crippen molar-refractivity contribution in [2.75, 3.05) is 11.9 Å². The van der Waals surface area contributed by atoms with Crippen LogP contribution in [-0.4, -0.2) is 22.7 Å². The maximum absolute atomic E-state index is 12.7. The van der Waals surface area contributed by atoms with E-state index in [-0.39, 0.29) is 5.41 Å². The number of hydrogen-bond acceptors (Lipinski definition) is 3. The van der Waals surface area contributed by atoms with Gasteiger partial charge in [0.05, 0.1) is 6.10 Å². The zero-order valence-corrected chi connectivity index (χ0v) is 10.00. The molecule has 16 heavy (non-hydrogen) atoms. The lowest BCUT2D eigenvalue weighted by atomic mass is 9.89. The molecular weight excluding hydrogens is 207 g/mol. The minimum absolute atomic E-state index is 0.0879. The van der Waals surface area contributed by atoms with E-state index >= 15 is 0 Å². The number of anilines is 1. The fourth-order valence-corrected chi connectivity index (χ4v) is 1.53. The summed E-state index contributed by atoms with van der Waals surface area (Å²) in [7, 11) is 0. The summed E-state index contributed by atoms with van der Waals surface area (Å²) >= 11 is 0. The average molecular weight is 226 g/mol. The second kappa shape index (κ2) is 5.25. The van der Waals surface area contributed by atoms with Gasteiger partial charge in [0.25, 0.3) is 0 Å². The van der Waals surface area contributed by atoms with Gasteiger partial charge >= 0.3 is 0 Å². The average Bonchev–Trinajstić information content (AvgIpc) is 2.12. The third-order valence-electron chi connectivity index (χ3n) is 2.12. The van der Waals surface area contributed by atoms with Gasteiger partial charge in [-0.2, -0.15) is 4.39 Å². The first-order chi connectivity index (χ1) is 7.37. The Morgan fingerprint density at radius 1 is 1.50 bits per heavy atom. The second-order valence-electron chi connectivity index (χ2n) is 5.17. The van der Waals surface area contributed by atoms with Gasteiger partial charge in [-0.3, -0.25) is 0 Å². The summed E-state index contributed by atoms with van der Waals surface area (Å²) in [6.07, 6.45) is 1.66. The fourth-order valence-electron chi connectivity index (χ4n) is 1.53. The third kappa shape index (κ3) is 5.07. The molecule has 2 N–H and O–H groups in total. The van der Waals surface area contributed by atoms with Crippen LogP contribution in [0.4, 0.5) is 10.1 Å². The van der Waals surface area contributed by atoms with Crippen LogP contribution in [0.3, 0.4) is 0 Å². The Bertz CT molecular complexity index is 336. The van der Waals surface area contributed by atoms with Gasteiger partial charge in [-0.25, -0.2) is 4.98 Å². The zero-order valence-electron chi connectivity index (χ0n) is 10.00. The van der Waals surface area contributed by atoms with Crippen LogP contribution >= 0.6 is 0 Å². The standard InChI is InChI=1S/C12H19FN2O/c1-12(2,3)7-10(16)8-15-9-4-5-14-11(13)6-9/h4-6,10,16H,7-8H2,1-3H3,(H,14,15). The van der Waals surface area contributed by atoms with E-state index in [2.05, 4.69) is 31.1 Å². The zero-order chi connectivity index (χ0) is 12.2. The van der Waals surface area contributed by atoms with Crippen molar-refractivity contribution in [1.29, 1.82) is 0 Å². The highest BCUT2D eigenvalue weighted by Crippen LogP contribution is 2.20. The monoisotopic (exact) mass is 226 g/mol. The summed E-state index contributed by atoms with van der Waals surface area (Å²) in [5, 5.41) is 12.7. The molecule has 0 bridgehead atoms. The van der Waals surface area contributed by atoms with E-state index in [4.69, 9.17) is 0 Å². The molecule has 3 nitrogen and oxygen atoms in total. The Kier molecular flexibility index (Phi) is 4.24. The van der Waals surface area contributed by atoms with Crippen LogP contribution in [0.25, 0.3) is 0 Å². The second-order valence-corrected chi connectivity index (χ2v) is 5.17. The molecule has 0 aliphatic heterocycles. The van der Waals surface area contributed by atoms with Gasteiger partial charge in [0, 0.05) is 24.5 Å². The van der Waals surface area contributed by atoms with E-state index in [1.807, 2.05) is 0 Å². The molecule has 0 spiro atoms. The molecule has 0 amide bonds. The third-order valence-corrected chi connectivity index (χ3v) is 2.12. The predicted molar refractivity (Wildman–Crippen MR) is 62.8 cm³/mol. The Morgan fingerprint density at radius 2 is 2.19 bits per heavy atom. The highest BCUT2D eigenvalue weighted by Gasteiger charge is 2.16. The van der Waals surface area contributed by atoms with Crippen LogP contribution in [0.15, 0.2) is 18.3 Å². The quantitative estimate of drug-likeness (QED) is 0.775. The van der Waals surface area contributed by atoms with Crippen LogP contribution in [0.2, 0.25) is 0 Å². The molecule has 1 atom stereocenters. The van der Waals surface area contributed by atoms with E-state index in [9.17, 15) is 9.50 Å². The normalized spacial score (nSPS) is 13.6. The Hall–Kier alpha value is -1.16. The molecule has 1 heterocycles. The summed E-state index contributed by atoms with van der Waals surface area (Å²) in [5.74, 6) is -0.518. The molecule has 0 aromatic carbocycles. The Balaban J connectivity index is 2.40. The van der Waals surface area contributed by atoms with Crippen LogP contribution < -0.4 is 5.32 Å². The number of rotatable bonds is 4. The fraction of sp³-hybridized carbons (Fsp3) is 0.583. The first kappa shape index (κ1) is 12.9. The largest absolute Gasteiger partial charge is 0.391 e. The van der Waals surface area contributed by atoms with E-state index in [0.717, 1.165) is 0 Å². The van der Waals surface area contributed by atoms with Crippen molar-refractivity contribution in [2.24, 2.45) is 5.41 Å². The van der Waals surface area contributed by atoms with E-state index in [1.54, 1.807) is 6.07 Å². The van der Waals surface area contributed by atoms with Crippen LogP contribution in [0.1, 0.15) is 27.2 Å². The van der Waals surface area contributed by atoms with Crippen molar-refractivity contribution >= 4 is 5.69 Å². The van der Waals surface area contributed by atoms with E-state index in [0.29, 0.717) is 18.7 Å². The summed E-state index contributed by atoms with van der Waals surface area (Å²) < 4.78 is 12.7. The first-order valence-corrected chi connectivity index (χ1v) is 5.40. The summed E-state index contributed by atoms with van der Waals surface area (Å²) in [5.41, 5.74) is 0.727. The molecule has 0 radical (unpaired) electrons. The number of aliphatic hydroxyl groups is 1. The highest BCUT2D eigenvalue weighted by molar-refractivity contribution is 5.41. The molecule has 1 rings (SSSR count). The molecule has 1 aromatic heterocycles. The molecule has 1 aromatic rings. The minimum Gasteiger partial charge on any atom is -0.391 e. The van der Waals surface area contributed by atoms with Gasteiger partial charge in [-0.05, 0) is 17.9 Å². The predicted octanol–water partition coefficient (Wildman–Crippen LogP) is 2.43. The molecule has 0 fully saturated rings. The molecule has 0 saturated carbocycles. The molecule has 1 unspecified atom stereocenters. The highest BCUT2D eigenvalue weighted by atomic mass is 19.1. The number of nitrogens with zero attached hydrogens (tertiary/aromatic N) is 1. The number of aromatic nitrogens is 1. The van der Waals surface area contributed by atoms with E-state index < -0.39 is 12.1 Å². The van der Waals surface area contributed by atoms with E-state index in [1.165, 1.54) is 12.3 Å². The lowest BCUT2D eigenvalue weighted by Gasteiger charge is -2.22. The maximum Gasteiger partial charge on any atom is 0.214 e. The van der Waals surface area contributed by atoms with Crippen molar-refractivity contribution in [3.63, 3.8) is 0 Å². The molecule has 90 valence electrons. The number of aliphatic hydroxyl groups excluding tert-OH is 1. The van der Waals surface area contributed by atoms with Gasteiger partial charge in [0.1, 0.15) is 0 Å². The Morgan fingerprint density at radius 3 is 2.75 bits per heavy atom. The van der Waals surface area contributed by atoms with Gasteiger partial charge in [0.2, 0.25) is 5.95 Å². The van der Waals surface area contributed by atoms with Crippen LogP contribution in [0, 0.1) is 11.4 Å². The van der Waals surface area contributed by atoms with Gasteiger partial charge in [-0.1, -0.05) is 20.8 Å². The van der Waals surface area contributed by atoms with Crippen LogP contribution in [0.5, 0.6) is 0 Å². The SMILES string of the molecule is CC(C)(C)CC(O)CNc1ccnc(F)c1. The molecule has 0 saturated heterocycles.